The Morgan fingerprint density at radius 3 is 2.78 bits per heavy atom. The lowest BCUT2D eigenvalue weighted by atomic mass is 9.92. The van der Waals surface area contributed by atoms with Gasteiger partial charge in [0.05, 0.1) is 17.3 Å². The molecule has 6 heteroatoms. The molecule has 0 amide bonds. The number of hydrogen-bond donors (Lipinski definition) is 2. The summed E-state index contributed by atoms with van der Waals surface area (Å²) in [6, 6.07) is 2.26. The van der Waals surface area contributed by atoms with E-state index in [9.17, 15) is 9.90 Å². The molecular formula is C17H22N4O2. The van der Waals surface area contributed by atoms with Crippen LogP contribution >= 0.6 is 0 Å². The number of rotatable bonds is 4. The number of carbonyl (C=O) groups is 1. The molecule has 2 aromatic rings. The molecule has 3 rings (SSSR count). The van der Waals surface area contributed by atoms with Gasteiger partial charge in [-0.3, -0.25) is 9.67 Å². The molecule has 122 valence electrons. The van der Waals surface area contributed by atoms with Crippen LogP contribution in [0, 0.1) is 6.92 Å². The second-order valence-electron chi connectivity index (χ2n) is 6.30. The van der Waals surface area contributed by atoms with Gasteiger partial charge in [0.15, 0.2) is 0 Å². The lowest BCUT2D eigenvalue weighted by Crippen LogP contribution is -2.28. The average Bonchev–Trinajstić information content (AvgIpc) is 2.89. The van der Waals surface area contributed by atoms with Crippen LogP contribution in [0.2, 0.25) is 0 Å². The molecule has 3 N–H and O–H groups in total. The first-order valence-electron chi connectivity index (χ1n) is 8.01. The van der Waals surface area contributed by atoms with Crippen LogP contribution in [0.3, 0.4) is 0 Å². The van der Waals surface area contributed by atoms with Crippen molar-refractivity contribution in [1.82, 2.24) is 14.8 Å². The second kappa shape index (κ2) is 6.50. The third-order valence-electron chi connectivity index (χ3n) is 4.65. The number of carboxylic acids is 1. The van der Waals surface area contributed by atoms with Gasteiger partial charge in [0.25, 0.3) is 0 Å². The third-order valence-corrected chi connectivity index (χ3v) is 4.65. The highest BCUT2D eigenvalue weighted by Crippen LogP contribution is 2.28. The van der Waals surface area contributed by atoms with E-state index in [-0.39, 0.29) is 0 Å². The molecule has 0 unspecified atom stereocenters. The van der Waals surface area contributed by atoms with E-state index >= 15 is 0 Å². The largest absolute Gasteiger partial charge is 0.478 e. The van der Waals surface area contributed by atoms with Crippen LogP contribution in [0.15, 0.2) is 24.7 Å². The number of nitrogens with zero attached hydrogens (tertiary/aromatic N) is 3. The lowest BCUT2D eigenvalue weighted by Gasteiger charge is -2.26. The molecule has 0 spiro atoms. The minimum atomic E-state index is -0.922. The maximum Gasteiger partial charge on any atom is 0.336 e. The molecule has 1 aliphatic carbocycles. The molecule has 2 aromatic heterocycles. The van der Waals surface area contributed by atoms with E-state index in [1.165, 1.54) is 6.20 Å². The predicted molar refractivity (Wildman–Crippen MR) is 86.4 cm³/mol. The zero-order valence-electron chi connectivity index (χ0n) is 13.3. The number of carboxylic acid groups (broad SMARTS) is 1. The van der Waals surface area contributed by atoms with Crippen LogP contribution in [0.5, 0.6) is 0 Å². The average molecular weight is 314 g/mol. The summed E-state index contributed by atoms with van der Waals surface area (Å²) in [7, 11) is 0. The van der Waals surface area contributed by atoms with Crippen molar-refractivity contribution in [3.8, 4) is 0 Å². The minimum Gasteiger partial charge on any atom is -0.478 e. The molecular weight excluding hydrogens is 292 g/mol. The van der Waals surface area contributed by atoms with Crippen molar-refractivity contribution in [2.24, 2.45) is 5.73 Å². The van der Waals surface area contributed by atoms with E-state index in [1.54, 1.807) is 12.3 Å². The molecule has 23 heavy (non-hydrogen) atoms. The summed E-state index contributed by atoms with van der Waals surface area (Å²) in [6.45, 7) is 1.97. The van der Waals surface area contributed by atoms with E-state index in [0.717, 1.165) is 36.9 Å². The summed E-state index contributed by atoms with van der Waals surface area (Å²) in [5.41, 5.74) is 8.98. The number of pyridine rings is 1. The van der Waals surface area contributed by atoms with Crippen molar-refractivity contribution in [2.45, 2.75) is 51.1 Å². The molecule has 0 saturated heterocycles. The summed E-state index contributed by atoms with van der Waals surface area (Å²) in [4.78, 5) is 15.4. The van der Waals surface area contributed by atoms with Crippen LogP contribution in [-0.2, 0) is 6.42 Å². The Morgan fingerprint density at radius 1 is 1.35 bits per heavy atom. The van der Waals surface area contributed by atoms with Gasteiger partial charge in [-0.05, 0) is 49.8 Å². The van der Waals surface area contributed by atoms with Crippen LogP contribution in [-0.4, -0.2) is 31.9 Å². The fourth-order valence-corrected chi connectivity index (χ4v) is 3.23. The van der Waals surface area contributed by atoms with Crippen molar-refractivity contribution < 1.29 is 9.90 Å². The van der Waals surface area contributed by atoms with Crippen LogP contribution in [0.4, 0.5) is 0 Å². The van der Waals surface area contributed by atoms with E-state index in [4.69, 9.17) is 5.73 Å². The van der Waals surface area contributed by atoms with Gasteiger partial charge in [0.1, 0.15) is 0 Å². The Bertz CT molecular complexity index is 702. The van der Waals surface area contributed by atoms with Gasteiger partial charge in [0, 0.05) is 31.1 Å². The molecule has 2 heterocycles. The zero-order chi connectivity index (χ0) is 16.4. The number of aromatic carboxylic acids is 1. The highest BCUT2D eigenvalue weighted by Gasteiger charge is 2.22. The minimum absolute atomic E-state index is 0.302. The maximum absolute atomic E-state index is 11.3. The first-order valence-corrected chi connectivity index (χ1v) is 8.01. The first-order chi connectivity index (χ1) is 11.0. The second-order valence-corrected chi connectivity index (χ2v) is 6.30. The molecule has 1 saturated carbocycles. The van der Waals surface area contributed by atoms with Gasteiger partial charge in [-0.15, -0.1) is 0 Å². The van der Waals surface area contributed by atoms with Crippen LogP contribution < -0.4 is 5.73 Å². The molecule has 6 nitrogen and oxygen atoms in total. The van der Waals surface area contributed by atoms with E-state index in [0.29, 0.717) is 29.6 Å². The number of aryl methyl sites for hydroxylation is 1. The standard InChI is InChI=1S/C17H22N4O2/c1-11-13(8-12-9-19-7-6-16(12)17(22)23)10-21(20-11)15-4-2-14(18)3-5-15/h6-7,9-10,14-15H,2-5,8,18H2,1H3,(H,22,23). The maximum atomic E-state index is 11.3. The Kier molecular flexibility index (Phi) is 4.43. The SMILES string of the molecule is Cc1nn(C2CCC(N)CC2)cc1Cc1cnccc1C(=O)O. The zero-order valence-corrected chi connectivity index (χ0v) is 13.3. The first kappa shape index (κ1) is 15.7. The smallest absolute Gasteiger partial charge is 0.336 e. The topological polar surface area (TPSA) is 94.0 Å². The summed E-state index contributed by atoms with van der Waals surface area (Å²) >= 11 is 0. The summed E-state index contributed by atoms with van der Waals surface area (Å²) in [6.07, 6.45) is 9.89. The molecule has 1 fully saturated rings. The van der Waals surface area contributed by atoms with Gasteiger partial charge >= 0.3 is 5.97 Å². The van der Waals surface area contributed by atoms with Gasteiger partial charge in [0.2, 0.25) is 0 Å². The highest BCUT2D eigenvalue weighted by molar-refractivity contribution is 5.89. The Morgan fingerprint density at radius 2 is 2.09 bits per heavy atom. The molecule has 0 bridgehead atoms. The van der Waals surface area contributed by atoms with E-state index < -0.39 is 5.97 Å². The van der Waals surface area contributed by atoms with Crippen molar-refractivity contribution >= 4 is 5.97 Å². The van der Waals surface area contributed by atoms with Crippen molar-refractivity contribution in [2.75, 3.05) is 0 Å². The third kappa shape index (κ3) is 3.42. The van der Waals surface area contributed by atoms with Gasteiger partial charge in [-0.25, -0.2) is 4.79 Å². The Hall–Kier alpha value is -2.21. The number of nitrogens with two attached hydrogens (primary N) is 1. The highest BCUT2D eigenvalue weighted by atomic mass is 16.4. The fourth-order valence-electron chi connectivity index (χ4n) is 3.23. The van der Waals surface area contributed by atoms with Gasteiger partial charge < -0.3 is 10.8 Å². The van der Waals surface area contributed by atoms with Gasteiger partial charge in [-0.2, -0.15) is 5.10 Å². The lowest BCUT2D eigenvalue weighted by molar-refractivity contribution is 0.0695. The number of hydrogen-bond acceptors (Lipinski definition) is 4. The monoisotopic (exact) mass is 314 g/mol. The number of aromatic nitrogens is 3. The van der Waals surface area contributed by atoms with E-state index in [1.807, 2.05) is 11.6 Å². The molecule has 0 atom stereocenters. The molecule has 0 radical (unpaired) electrons. The molecule has 0 aliphatic heterocycles. The summed E-state index contributed by atoms with van der Waals surface area (Å²) in [5, 5.41) is 13.9. The molecule has 0 aromatic carbocycles. The van der Waals surface area contributed by atoms with Crippen molar-refractivity contribution in [3.63, 3.8) is 0 Å². The van der Waals surface area contributed by atoms with Gasteiger partial charge in [-0.1, -0.05) is 0 Å². The fraction of sp³-hybridized carbons (Fsp3) is 0.471. The van der Waals surface area contributed by atoms with Crippen LogP contribution in [0.1, 0.15) is 58.9 Å². The normalized spacial score (nSPS) is 21.3. The van der Waals surface area contributed by atoms with Crippen molar-refractivity contribution in [1.29, 1.82) is 0 Å². The summed E-state index contributed by atoms with van der Waals surface area (Å²) < 4.78 is 2.04. The van der Waals surface area contributed by atoms with Crippen molar-refractivity contribution in [3.05, 3.63) is 47.0 Å². The van der Waals surface area contributed by atoms with Crippen LogP contribution in [0.25, 0.3) is 0 Å². The van der Waals surface area contributed by atoms with E-state index in [2.05, 4.69) is 16.3 Å². The summed E-state index contributed by atoms with van der Waals surface area (Å²) in [5.74, 6) is -0.922. The Balaban J connectivity index is 1.81. The predicted octanol–water partition coefficient (Wildman–Crippen LogP) is 2.32. The Labute approximate surface area is 135 Å². The quantitative estimate of drug-likeness (QED) is 0.903. The molecule has 1 aliphatic rings.